The van der Waals surface area contributed by atoms with Crippen molar-refractivity contribution in [2.24, 2.45) is 0 Å². The molecule has 6 nitrogen and oxygen atoms in total. The van der Waals surface area contributed by atoms with Gasteiger partial charge >= 0.3 is 0 Å². The molecule has 0 saturated carbocycles. The van der Waals surface area contributed by atoms with Crippen molar-refractivity contribution in [1.29, 1.82) is 0 Å². The number of amides is 2. The van der Waals surface area contributed by atoms with Gasteiger partial charge in [0.15, 0.2) is 0 Å². The minimum absolute atomic E-state index is 0.137. The highest BCUT2D eigenvalue weighted by Crippen LogP contribution is 2.02. The molecule has 16 heavy (non-hydrogen) atoms. The molecule has 1 unspecified atom stereocenters. The van der Waals surface area contributed by atoms with Crippen LogP contribution < -0.4 is 10.6 Å². The molecule has 7 heteroatoms. The number of nitrogens with one attached hydrogen (secondary N) is 2. The number of carbonyl (C=O) groups excluding carboxylic acids is 2. The number of aliphatic hydroxyl groups is 2. The summed E-state index contributed by atoms with van der Waals surface area (Å²) in [4.78, 5) is 22.4. The molecule has 0 aromatic carbocycles. The van der Waals surface area contributed by atoms with Crippen LogP contribution in [0.1, 0.15) is 13.8 Å². The van der Waals surface area contributed by atoms with Crippen LogP contribution in [0.5, 0.6) is 0 Å². The zero-order chi connectivity index (χ0) is 12.8. The van der Waals surface area contributed by atoms with Gasteiger partial charge in [0.25, 0.3) is 0 Å². The maximum absolute atomic E-state index is 11.6. The Hall–Kier alpha value is -0.790. The fraction of sp³-hybridized carbons (Fsp3) is 0.778. The molecule has 0 aliphatic carbocycles. The Morgan fingerprint density at radius 2 is 1.88 bits per heavy atom. The summed E-state index contributed by atoms with van der Waals surface area (Å²) in [6.07, 6.45) is 0. The summed E-state index contributed by atoms with van der Waals surface area (Å²) in [6.45, 7) is 2.00. The van der Waals surface area contributed by atoms with Crippen molar-refractivity contribution in [2.45, 2.75) is 25.4 Å². The molecule has 0 radical (unpaired) electrons. The lowest BCUT2D eigenvalue weighted by molar-refractivity contribution is -0.129. The molecule has 0 aliphatic rings. The van der Waals surface area contributed by atoms with Gasteiger partial charge in [-0.1, -0.05) is 0 Å². The first-order valence-electron chi connectivity index (χ1n) is 4.80. The number of carbonyl (C=O) groups is 2. The van der Waals surface area contributed by atoms with Crippen LogP contribution in [0.3, 0.4) is 0 Å². The average Bonchev–Trinajstić information content (AvgIpc) is 2.25. The van der Waals surface area contributed by atoms with E-state index in [-0.39, 0.29) is 11.7 Å². The van der Waals surface area contributed by atoms with Crippen LogP contribution in [0.4, 0.5) is 0 Å². The van der Waals surface area contributed by atoms with Gasteiger partial charge in [0.05, 0.1) is 18.8 Å². The second-order valence-electron chi connectivity index (χ2n) is 3.80. The molecule has 4 N–H and O–H groups in total. The van der Waals surface area contributed by atoms with Crippen LogP contribution in [0.2, 0.25) is 0 Å². The highest BCUT2D eigenvalue weighted by atomic mass is 32.1. The molecule has 94 valence electrons. The Bertz CT molecular complexity index is 256. The predicted octanol–water partition coefficient (Wildman–Crippen LogP) is -1.72. The maximum atomic E-state index is 11.6. The maximum Gasteiger partial charge on any atom is 0.244 e. The first kappa shape index (κ1) is 15.2. The van der Waals surface area contributed by atoms with Gasteiger partial charge in [-0.25, -0.2) is 0 Å². The standard InChI is InChI=1S/C9H18N2O4S/c1-6(14)10-7(3-16)8(15)11-9(2,4-12)5-13/h7,12-13,16H,3-5H2,1-2H3,(H,10,14)(H,11,15). The van der Waals surface area contributed by atoms with Gasteiger partial charge in [-0.05, 0) is 6.92 Å². The van der Waals surface area contributed by atoms with E-state index in [2.05, 4.69) is 23.3 Å². The van der Waals surface area contributed by atoms with Gasteiger partial charge in [0.1, 0.15) is 6.04 Å². The first-order chi connectivity index (χ1) is 7.38. The summed E-state index contributed by atoms with van der Waals surface area (Å²) in [6, 6.07) is -0.779. The summed E-state index contributed by atoms with van der Waals surface area (Å²) in [7, 11) is 0. The molecule has 0 saturated heterocycles. The fourth-order valence-electron chi connectivity index (χ4n) is 0.953. The molecule has 2 amide bonds. The summed E-state index contributed by atoms with van der Waals surface area (Å²) < 4.78 is 0. The lowest BCUT2D eigenvalue weighted by Crippen LogP contribution is -2.58. The predicted molar refractivity (Wildman–Crippen MR) is 62.2 cm³/mol. The van der Waals surface area contributed by atoms with E-state index >= 15 is 0 Å². The second-order valence-corrected chi connectivity index (χ2v) is 4.17. The van der Waals surface area contributed by atoms with E-state index in [9.17, 15) is 9.59 Å². The van der Waals surface area contributed by atoms with Crippen molar-refractivity contribution in [3.05, 3.63) is 0 Å². The number of thiol groups is 1. The van der Waals surface area contributed by atoms with Gasteiger partial charge in [-0.3, -0.25) is 9.59 Å². The van der Waals surface area contributed by atoms with Crippen LogP contribution >= 0.6 is 12.6 Å². The molecule has 0 aliphatic heterocycles. The Balaban J connectivity index is 4.46. The molecule has 1 atom stereocenters. The normalized spacial score (nSPS) is 13.1. The summed E-state index contributed by atoms with van der Waals surface area (Å²) >= 11 is 3.94. The molecule has 0 heterocycles. The molecule has 0 spiro atoms. The Labute approximate surface area is 99.8 Å². The van der Waals surface area contributed by atoms with Crippen molar-refractivity contribution in [1.82, 2.24) is 10.6 Å². The van der Waals surface area contributed by atoms with Crippen molar-refractivity contribution >= 4 is 24.4 Å². The van der Waals surface area contributed by atoms with Crippen molar-refractivity contribution in [3.8, 4) is 0 Å². The van der Waals surface area contributed by atoms with Crippen molar-refractivity contribution < 1.29 is 19.8 Å². The zero-order valence-corrected chi connectivity index (χ0v) is 10.3. The second kappa shape index (κ2) is 6.72. The molecule has 0 rings (SSSR count). The van der Waals surface area contributed by atoms with Crippen LogP contribution in [-0.4, -0.2) is 52.6 Å². The number of rotatable bonds is 6. The molecule has 0 aromatic rings. The monoisotopic (exact) mass is 250 g/mol. The Morgan fingerprint density at radius 3 is 2.19 bits per heavy atom. The highest BCUT2D eigenvalue weighted by Gasteiger charge is 2.28. The van der Waals surface area contributed by atoms with Gasteiger partial charge in [-0.2, -0.15) is 12.6 Å². The minimum Gasteiger partial charge on any atom is -0.394 e. The van der Waals surface area contributed by atoms with Crippen LogP contribution in [0, 0.1) is 0 Å². The largest absolute Gasteiger partial charge is 0.394 e. The van der Waals surface area contributed by atoms with Gasteiger partial charge in [0, 0.05) is 12.7 Å². The SMILES string of the molecule is CC(=O)NC(CS)C(=O)NC(C)(CO)CO. The number of aliphatic hydroxyl groups excluding tert-OH is 2. The van der Waals surface area contributed by atoms with Gasteiger partial charge < -0.3 is 20.8 Å². The Kier molecular flexibility index (Phi) is 6.39. The first-order valence-corrected chi connectivity index (χ1v) is 5.43. The van der Waals surface area contributed by atoms with E-state index in [1.54, 1.807) is 0 Å². The summed E-state index contributed by atoms with van der Waals surface area (Å²) in [5.41, 5.74) is -1.10. The van der Waals surface area contributed by atoms with Crippen molar-refractivity contribution in [2.75, 3.05) is 19.0 Å². The lowest BCUT2D eigenvalue weighted by atomic mass is 10.0. The van der Waals surface area contributed by atoms with Crippen molar-refractivity contribution in [3.63, 3.8) is 0 Å². The molecule has 0 bridgehead atoms. The van der Waals surface area contributed by atoms with Gasteiger partial charge in [0.2, 0.25) is 11.8 Å². The zero-order valence-electron chi connectivity index (χ0n) is 9.36. The molecule has 0 aromatic heterocycles. The number of hydrogen-bond donors (Lipinski definition) is 5. The summed E-state index contributed by atoms with van der Waals surface area (Å²) in [5, 5.41) is 22.8. The lowest BCUT2D eigenvalue weighted by Gasteiger charge is -2.28. The fourth-order valence-corrected chi connectivity index (χ4v) is 1.21. The van der Waals surface area contributed by atoms with E-state index in [0.29, 0.717) is 0 Å². The minimum atomic E-state index is -1.10. The topological polar surface area (TPSA) is 98.7 Å². The van der Waals surface area contributed by atoms with E-state index in [0.717, 1.165) is 0 Å². The summed E-state index contributed by atoms with van der Waals surface area (Å²) in [5.74, 6) is -0.696. The highest BCUT2D eigenvalue weighted by molar-refractivity contribution is 7.80. The van der Waals surface area contributed by atoms with E-state index in [4.69, 9.17) is 10.2 Å². The van der Waals surface area contributed by atoms with Crippen LogP contribution in [-0.2, 0) is 9.59 Å². The van der Waals surface area contributed by atoms with Gasteiger partial charge in [-0.15, -0.1) is 0 Å². The quantitative estimate of drug-likeness (QED) is 0.362. The average molecular weight is 250 g/mol. The van der Waals surface area contributed by atoms with E-state index in [1.165, 1.54) is 13.8 Å². The third-order valence-corrected chi connectivity index (χ3v) is 2.36. The van der Waals surface area contributed by atoms with Crippen LogP contribution in [0.15, 0.2) is 0 Å². The van der Waals surface area contributed by atoms with E-state index in [1.807, 2.05) is 0 Å². The van der Waals surface area contributed by atoms with Crippen LogP contribution in [0.25, 0.3) is 0 Å². The molecular weight excluding hydrogens is 232 g/mol. The number of hydrogen-bond acceptors (Lipinski definition) is 5. The smallest absolute Gasteiger partial charge is 0.244 e. The third-order valence-electron chi connectivity index (χ3n) is 2.00. The third kappa shape index (κ3) is 4.82. The molecule has 0 fully saturated rings. The Morgan fingerprint density at radius 1 is 1.38 bits per heavy atom. The van der Waals surface area contributed by atoms with E-state index < -0.39 is 30.7 Å². The molecular formula is C9H18N2O4S.